The molecular formula is C19H17Cl2F3N2O3S. The zero-order chi connectivity index (χ0) is 22.1. The summed E-state index contributed by atoms with van der Waals surface area (Å²) < 4.78 is 65.7. The molecule has 3 rings (SSSR count). The standard InChI is InChI=1S/C19H17Cl2F3N2O3S/c20-14-6-7-16(21)17(10-14)30(28,29)26-8-2-3-12(11-26)18(27)25-15-5-1-4-13(9-15)19(22,23)24/h1,4-7,9-10,12H,2-3,8,11H2,(H,25,27)/t12-/m0/s1. The van der Waals surface area contributed by atoms with Gasteiger partial charge < -0.3 is 5.32 Å². The molecule has 0 saturated carbocycles. The molecule has 2 aromatic rings. The Morgan fingerprint density at radius 1 is 1.13 bits per heavy atom. The van der Waals surface area contributed by atoms with E-state index in [9.17, 15) is 26.4 Å². The number of carbonyl (C=O) groups is 1. The van der Waals surface area contributed by atoms with Crippen LogP contribution in [0.1, 0.15) is 18.4 Å². The van der Waals surface area contributed by atoms with E-state index in [0.29, 0.717) is 12.8 Å². The topological polar surface area (TPSA) is 66.5 Å². The highest BCUT2D eigenvalue weighted by Gasteiger charge is 2.35. The normalized spacial score (nSPS) is 18.2. The van der Waals surface area contributed by atoms with Crippen molar-refractivity contribution in [3.63, 3.8) is 0 Å². The predicted octanol–water partition coefficient (Wildman–Crippen LogP) is 5.05. The fourth-order valence-electron chi connectivity index (χ4n) is 3.21. The number of rotatable bonds is 4. The third-order valence-electron chi connectivity index (χ3n) is 4.72. The highest BCUT2D eigenvalue weighted by atomic mass is 35.5. The Labute approximate surface area is 181 Å². The summed E-state index contributed by atoms with van der Waals surface area (Å²) in [5.74, 6) is -1.27. The second-order valence-corrected chi connectivity index (χ2v) is 9.59. The first kappa shape index (κ1) is 22.9. The van der Waals surface area contributed by atoms with Gasteiger partial charge in [0.05, 0.1) is 16.5 Å². The molecule has 2 aromatic carbocycles. The van der Waals surface area contributed by atoms with Gasteiger partial charge in [-0.2, -0.15) is 17.5 Å². The molecule has 1 heterocycles. The molecule has 0 aliphatic carbocycles. The zero-order valence-electron chi connectivity index (χ0n) is 15.4. The van der Waals surface area contributed by atoms with Gasteiger partial charge in [0, 0.05) is 23.8 Å². The Balaban J connectivity index is 1.76. The van der Waals surface area contributed by atoms with Crippen molar-refractivity contribution in [1.29, 1.82) is 0 Å². The van der Waals surface area contributed by atoms with Crippen molar-refractivity contribution >= 4 is 44.8 Å². The van der Waals surface area contributed by atoms with Crippen LogP contribution in [0.2, 0.25) is 10.0 Å². The SMILES string of the molecule is O=C(Nc1cccc(C(F)(F)F)c1)[C@H]1CCCN(S(=O)(=O)c2cc(Cl)ccc2Cl)C1. The number of alkyl halides is 3. The fraction of sp³-hybridized carbons (Fsp3) is 0.316. The molecule has 1 saturated heterocycles. The number of sulfonamides is 1. The number of amides is 1. The molecule has 0 radical (unpaired) electrons. The van der Waals surface area contributed by atoms with Crippen LogP contribution >= 0.6 is 23.2 Å². The second kappa shape index (κ2) is 8.74. The van der Waals surface area contributed by atoms with Gasteiger partial charge in [-0.3, -0.25) is 4.79 Å². The van der Waals surface area contributed by atoms with Gasteiger partial charge in [0.2, 0.25) is 15.9 Å². The summed E-state index contributed by atoms with van der Waals surface area (Å²) in [6.45, 7) is 0.0779. The predicted molar refractivity (Wildman–Crippen MR) is 108 cm³/mol. The van der Waals surface area contributed by atoms with Crippen molar-refractivity contribution in [2.24, 2.45) is 5.92 Å². The molecule has 30 heavy (non-hydrogen) atoms. The maximum Gasteiger partial charge on any atom is 0.416 e. The van der Waals surface area contributed by atoms with Crippen LogP contribution in [-0.4, -0.2) is 31.7 Å². The molecule has 1 fully saturated rings. The Morgan fingerprint density at radius 2 is 1.87 bits per heavy atom. The molecule has 1 aliphatic rings. The van der Waals surface area contributed by atoms with E-state index in [1.807, 2.05) is 0 Å². The Kier molecular flexibility index (Phi) is 6.66. The first-order valence-corrected chi connectivity index (χ1v) is 11.1. The van der Waals surface area contributed by atoms with Gasteiger partial charge in [-0.05, 0) is 49.2 Å². The molecular weight excluding hydrogens is 464 g/mol. The van der Waals surface area contributed by atoms with Crippen molar-refractivity contribution in [3.05, 3.63) is 58.1 Å². The average molecular weight is 481 g/mol. The van der Waals surface area contributed by atoms with Gasteiger partial charge in [0.1, 0.15) is 4.90 Å². The molecule has 1 aliphatic heterocycles. The summed E-state index contributed by atoms with van der Waals surface area (Å²) in [6, 6.07) is 8.35. The number of benzene rings is 2. The third kappa shape index (κ3) is 5.08. The minimum Gasteiger partial charge on any atom is -0.326 e. The molecule has 162 valence electrons. The lowest BCUT2D eigenvalue weighted by Crippen LogP contribution is -2.43. The first-order chi connectivity index (χ1) is 14.0. The van der Waals surface area contributed by atoms with Gasteiger partial charge >= 0.3 is 6.18 Å². The average Bonchev–Trinajstić information content (AvgIpc) is 2.69. The maximum absolute atomic E-state index is 13.0. The smallest absolute Gasteiger partial charge is 0.326 e. The lowest BCUT2D eigenvalue weighted by molar-refractivity contribution is -0.137. The first-order valence-electron chi connectivity index (χ1n) is 8.92. The Morgan fingerprint density at radius 3 is 2.57 bits per heavy atom. The van der Waals surface area contributed by atoms with E-state index < -0.39 is 33.6 Å². The number of nitrogens with zero attached hydrogens (tertiary/aromatic N) is 1. The van der Waals surface area contributed by atoms with Crippen molar-refractivity contribution in [2.75, 3.05) is 18.4 Å². The molecule has 0 aromatic heterocycles. The largest absolute Gasteiger partial charge is 0.416 e. The number of hydrogen-bond acceptors (Lipinski definition) is 3. The maximum atomic E-state index is 13.0. The summed E-state index contributed by atoms with van der Waals surface area (Å²) in [7, 11) is -3.99. The zero-order valence-corrected chi connectivity index (χ0v) is 17.7. The fourth-order valence-corrected chi connectivity index (χ4v) is 5.47. The van der Waals surface area contributed by atoms with Crippen LogP contribution in [0.4, 0.5) is 18.9 Å². The molecule has 1 amide bonds. The van der Waals surface area contributed by atoms with E-state index in [4.69, 9.17) is 23.2 Å². The minimum atomic E-state index is -4.54. The molecule has 11 heteroatoms. The minimum absolute atomic E-state index is 0.00677. The van der Waals surface area contributed by atoms with Crippen molar-refractivity contribution in [1.82, 2.24) is 4.31 Å². The van der Waals surface area contributed by atoms with Gasteiger partial charge in [-0.25, -0.2) is 8.42 Å². The van der Waals surface area contributed by atoms with E-state index in [1.54, 1.807) is 0 Å². The summed E-state index contributed by atoms with van der Waals surface area (Å²) in [4.78, 5) is 12.4. The van der Waals surface area contributed by atoms with Crippen molar-refractivity contribution < 1.29 is 26.4 Å². The van der Waals surface area contributed by atoms with Crippen LogP contribution in [0.25, 0.3) is 0 Å². The molecule has 0 spiro atoms. The summed E-state index contributed by atoms with van der Waals surface area (Å²) in [6.07, 6.45) is -3.72. The molecule has 0 unspecified atom stereocenters. The van der Waals surface area contributed by atoms with E-state index in [2.05, 4.69) is 5.32 Å². The van der Waals surface area contributed by atoms with Gasteiger partial charge in [0.15, 0.2) is 0 Å². The number of hydrogen-bond donors (Lipinski definition) is 1. The van der Waals surface area contributed by atoms with E-state index in [-0.39, 0.29) is 33.7 Å². The summed E-state index contributed by atoms with van der Waals surface area (Å²) in [5.41, 5.74) is -0.892. The van der Waals surface area contributed by atoms with Crippen LogP contribution in [0.3, 0.4) is 0 Å². The van der Waals surface area contributed by atoms with E-state index >= 15 is 0 Å². The van der Waals surface area contributed by atoms with Crippen LogP contribution in [-0.2, 0) is 21.0 Å². The summed E-state index contributed by atoms with van der Waals surface area (Å²) >= 11 is 11.9. The number of nitrogens with one attached hydrogen (secondary N) is 1. The number of carbonyl (C=O) groups excluding carboxylic acids is 1. The van der Waals surface area contributed by atoms with Crippen molar-refractivity contribution in [2.45, 2.75) is 23.9 Å². The second-order valence-electron chi connectivity index (χ2n) is 6.84. The van der Waals surface area contributed by atoms with Gasteiger partial charge in [-0.15, -0.1) is 0 Å². The lowest BCUT2D eigenvalue weighted by Gasteiger charge is -2.31. The Bertz CT molecular complexity index is 1060. The quantitative estimate of drug-likeness (QED) is 0.665. The molecule has 0 bridgehead atoms. The molecule has 1 N–H and O–H groups in total. The van der Waals surface area contributed by atoms with E-state index in [0.717, 1.165) is 16.4 Å². The van der Waals surface area contributed by atoms with Crippen molar-refractivity contribution in [3.8, 4) is 0 Å². The third-order valence-corrected chi connectivity index (χ3v) is 7.31. The monoisotopic (exact) mass is 480 g/mol. The van der Waals surface area contributed by atoms with Crippen LogP contribution in [0.15, 0.2) is 47.4 Å². The number of halogens is 5. The number of anilines is 1. The van der Waals surface area contributed by atoms with E-state index in [1.165, 1.54) is 30.3 Å². The highest BCUT2D eigenvalue weighted by molar-refractivity contribution is 7.89. The van der Waals surface area contributed by atoms with Crippen LogP contribution in [0, 0.1) is 5.92 Å². The molecule has 5 nitrogen and oxygen atoms in total. The summed E-state index contributed by atoms with van der Waals surface area (Å²) in [5, 5.41) is 2.66. The molecule has 1 atom stereocenters. The van der Waals surface area contributed by atoms with Gasteiger partial charge in [-0.1, -0.05) is 29.3 Å². The van der Waals surface area contributed by atoms with Crippen LogP contribution < -0.4 is 5.32 Å². The van der Waals surface area contributed by atoms with Gasteiger partial charge in [0.25, 0.3) is 0 Å². The lowest BCUT2D eigenvalue weighted by atomic mass is 9.98. The number of piperidine rings is 1. The highest BCUT2D eigenvalue weighted by Crippen LogP contribution is 2.32. The Hall–Kier alpha value is -1.81. The van der Waals surface area contributed by atoms with Crippen LogP contribution in [0.5, 0.6) is 0 Å².